The predicted octanol–water partition coefficient (Wildman–Crippen LogP) is 3.12. The molecule has 1 heteroatoms. The summed E-state index contributed by atoms with van der Waals surface area (Å²) >= 11 is 0. The van der Waals surface area contributed by atoms with E-state index in [1.165, 1.54) is 12.0 Å². The van der Waals surface area contributed by atoms with Crippen molar-refractivity contribution in [3.8, 4) is 0 Å². The largest absolute Gasteiger partial charge is 0.495 e. The summed E-state index contributed by atoms with van der Waals surface area (Å²) in [5, 5.41) is 0. The highest BCUT2D eigenvalue weighted by Gasteiger charge is 2.23. The molecule has 11 heavy (non-hydrogen) atoms. The minimum atomic E-state index is 0.0678. The topological polar surface area (TPSA) is 9.23 Å². The molecule has 64 valence electrons. The smallest absolute Gasteiger partial charge is 0.103 e. The van der Waals surface area contributed by atoms with Crippen molar-refractivity contribution in [3.05, 3.63) is 11.8 Å². The monoisotopic (exact) mass is 154 g/mol. The zero-order chi connectivity index (χ0) is 8.48. The molecule has 0 fully saturated rings. The van der Waals surface area contributed by atoms with Gasteiger partial charge in [0.1, 0.15) is 5.60 Å². The summed E-state index contributed by atoms with van der Waals surface area (Å²) in [6.45, 7) is 8.71. The van der Waals surface area contributed by atoms with Gasteiger partial charge in [-0.25, -0.2) is 0 Å². The van der Waals surface area contributed by atoms with Crippen LogP contribution in [0.1, 0.15) is 40.5 Å². The quantitative estimate of drug-likeness (QED) is 0.564. The van der Waals surface area contributed by atoms with Gasteiger partial charge in [-0.2, -0.15) is 0 Å². The van der Waals surface area contributed by atoms with Gasteiger partial charge in [-0.1, -0.05) is 13.8 Å². The van der Waals surface area contributed by atoms with E-state index in [0.29, 0.717) is 5.92 Å². The highest BCUT2D eigenvalue weighted by Crippen LogP contribution is 2.29. The van der Waals surface area contributed by atoms with Crippen LogP contribution in [-0.4, -0.2) is 5.60 Å². The molecule has 0 aromatic carbocycles. The van der Waals surface area contributed by atoms with Crippen LogP contribution in [0, 0.1) is 5.92 Å². The van der Waals surface area contributed by atoms with Gasteiger partial charge < -0.3 is 4.74 Å². The van der Waals surface area contributed by atoms with E-state index in [0.717, 1.165) is 6.42 Å². The second-order valence-corrected chi connectivity index (χ2v) is 4.23. The molecule has 0 aromatic rings. The summed E-state index contributed by atoms with van der Waals surface area (Å²) < 4.78 is 5.58. The Hall–Kier alpha value is -0.460. The Morgan fingerprint density at radius 2 is 2.09 bits per heavy atom. The van der Waals surface area contributed by atoms with E-state index in [1.807, 2.05) is 6.26 Å². The average molecular weight is 154 g/mol. The van der Waals surface area contributed by atoms with E-state index in [1.54, 1.807) is 0 Å². The third-order valence-electron chi connectivity index (χ3n) is 2.29. The molecule has 0 atom stereocenters. The number of rotatable bonds is 1. The number of allylic oxidation sites excluding steroid dienone is 1. The van der Waals surface area contributed by atoms with E-state index in [-0.39, 0.29) is 5.60 Å². The van der Waals surface area contributed by atoms with Crippen LogP contribution in [0.25, 0.3) is 0 Å². The Kier molecular flexibility index (Phi) is 2.26. The van der Waals surface area contributed by atoms with E-state index in [2.05, 4.69) is 27.7 Å². The molecule has 1 nitrogen and oxygen atoms in total. The Labute approximate surface area is 69.4 Å². The molecule has 0 saturated heterocycles. The first-order chi connectivity index (χ1) is 5.01. The zero-order valence-corrected chi connectivity index (χ0v) is 7.98. The molecule has 0 saturated carbocycles. The number of hydrogen-bond donors (Lipinski definition) is 0. The highest BCUT2D eigenvalue weighted by atomic mass is 16.5. The predicted molar refractivity (Wildman–Crippen MR) is 47.3 cm³/mol. The summed E-state index contributed by atoms with van der Waals surface area (Å²) in [6, 6.07) is 0. The second-order valence-electron chi connectivity index (χ2n) is 4.23. The number of hydrogen-bond acceptors (Lipinski definition) is 1. The van der Waals surface area contributed by atoms with Crippen LogP contribution < -0.4 is 0 Å². The first-order valence-corrected chi connectivity index (χ1v) is 4.38. The maximum atomic E-state index is 5.58. The first-order valence-electron chi connectivity index (χ1n) is 4.38. The lowest BCUT2D eigenvalue weighted by atomic mass is 9.91. The fourth-order valence-corrected chi connectivity index (χ4v) is 1.22. The van der Waals surface area contributed by atoms with E-state index >= 15 is 0 Å². The molecule has 0 radical (unpaired) electrons. The van der Waals surface area contributed by atoms with Crippen molar-refractivity contribution in [2.45, 2.75) is 46.1 Å². The summed E-state index contributed by atoms with van der Waals surface area (Å²) in [4.78, 5) is 0. The van der Waals surface area contributed by atoms with Gasteiger partial charge in [0.05, 0.1) is 6.26 Å². The maximum absolute atomic E-state index is 5.58. The molecule has 0 N–H and O–H groups in total. The Morgan fingerprint density at radius 3 is 2.45 bits per heavy atom. The zero-order valence-electron chi connectivity index (χ0n) is 7.98. The van der Waals surface area contributed by atoms with Crippen molar-refractivity contribution in [1.82, 2.24) is 0 Å². The molecule has 0 aromatic heterocycles. The van der Waals surface area contributed by atoms with Crippen LogP contribution in [-0.2, 0) is 4.74 Å². The third kappa shape index (κ3) is 2.25. The summed E-state index contributed by atoms with van der Waals surface area (Å²) in [6.07, 6.45) is 4.30. The van der Waals surface area contributed by atoms with Crippen LogP contribution in [0.15, 0.2) is 11.8 Å². The molecular weight excluding hydrogens is 136 g/mol. The lowest BCUT2D eigenvalue weighted by molar-refractivity contribution is 0.0337. The lowest BCUT2D eigenvalue weighted by Crippen LogP contribution is -2.25. The SMILES string of the molecule is CC(C)C1=COC(C)(C)CC1. The summed E-state index contributed by atoms with van der Waals surface area (Å²) in [5.74, 6) is 0.645. The van der Waals surface area contributed by atoms with Crippen LogP contribution in [0.4, 0.5) is 0 Å². The maximum Gasteiger partial charge on any atom is 0.103 e. The normalized spacial score (nSPS) is 22.8. The molecule has 1 aliphatic rings. The molecule has 0 bridgehead atoms. The molecule has 1 aliphatic heterocycles. The van der Waals surface area contributed by atoms with Gasteiger partial charge in [0.2, 0.25) is 0 Å². The van der Waals surface area contributed by atoms with Crippen LogP contribution in [0.5, 0.6) is 0 Å². The lowest BCUT2D eigenvalue weighted by Gasteiger charge is -2.30. The van der Waals surface area contributed by atoms with E-state index in [4.69, 9.17) is 4.74 Å². The minimum Gasteiger partial charge on any atom is -0.495 e. The molecule has 0 spiro atoms. The fourth-order valence-electron chi connectivity index (χ4n) is 1.22. The van der Waals surface area contributed by atoms with Gasteiger partial charge in [0, 0.05) is 0 Å². The van der Waals surface area contributed by atoms with Crippen molar-refractivity contribution >= 4 is 0 Å². The van der Waals surface area contributed by atoms with Gasteiger partial charge in [0.25, 0.3) is 0 Å². The van der Waals surface area contributed by atoms with Gasteiger partial charge >= 0.3 is 0 Å². The van der Waals surface area contributed by atoms with Crippen LogP contribution >= 0.6 is 0 Å². The van der Waals surface area contributed by atoms with Crippen molar-refractivity contribution in [1.29, 1.82) is 0 Å². The van der Waals surface area contributed by atoms with E-state index < -0.39 is 0 Å². The van der Waals surface area contributed by atoms with E-state index in [9.17, 15) is 0 Å². The minimum absolute atomic E-state index is 0.0678. The van der Waals surface area contributed by atoms with Crippen molar-refractivity contribution in [2.24, 2.45) is 5.92 Å². The third-order valence-corrected chi connectivity index (χ3v) is 2.29. The van der Waals surface area contributed by atoms with Crippen molar-refractivity contribution in [3.63, 3.8) is 0 Å². The molecular formula is C10H18O. The molecule has 1 heterocycles. The van der Waals surface area contributed by atoms with Gasteiger partial charge in [-0.05, 0) is 38.2 Å². The summed E-state index contributed by atoms with van der Waals surface area (Å²) in [7, 11) is 0. The molecule has 1 rings (SSSR count). The second kappa shape index (κ2) is 2.88. The van der Waals surface area contributed by atoms with Gasteiger partial charge in [0.15, 0.2) is 0 Å². The van der Waals surface area contributed by atoms with Crippen LogP contribution in [0.3, 0.4) is 0 Å². The Morgan fingerprint density at radius 1 is 1.45 bits per heavy atom. The standard InChI is InChI=1S/C10H18O/c1-8(2)9-5-6-10(3,4)11-7-9/h7-8H,5-6H2,1-4H3. The van der Waals surface area contributed by atoms with Crippen molar-refractivity contribution in [2.75, 3.05) is 0 Å². The fraction of sp³-hybridized carbons (Fsp3) is 0.800. The highest BCUT2D eigenvalue weighted by molar-refractivity contribution is 5.05. The van der Waals surface area contributed by atoms with Crippen LogP contribution in [0.2, 0.25) is 0 Å². The molecule has 0 aliphatic carbocycles. The molecule has 0 amide bonds. The van der Waals surface area contributed by atoms with Gasteiger partial charge in [-0.15, -0.1) is 0 Å². The first kappa shape index (κ1) is 8.63. The summed E-state index contributed by atoms with van der Waals surface area (Å²) in [5.41, 5.74) is 1.52. The number of ether oxygens (including phenoxy) is 1. The van der Waals surface area contributed by atoms with Gasteiger partial charge in [-0.3, -0.25) is 0 Å². The average Bonchev–Trinajstić information content (AvgIpc) is 1.86. The molecule has 0 unspecified atom stereocenters. The Balaban J connectivity index is 2.58. The Bertz CT molecular complexity index is 166. The van der Waals surface area contributed by atoms with Crippen molar-refractivity contribution < 1.29 is 4.74 Å².